The van der Waals surface area contributed by atoms with E-state index in [9.17, 15) is 9.59 Å². The Morgan fingerprint density at radius 1 is 1.25 bits per heavy atom. The quantitative estimate of drug-likeness (QED) is 0.718. The Balaban J connectivity index is 2.31. The highest BCUT2D eigenvalue weighted by atomic mass is 16.4. The molecule has 5 nitrogen and oxygen atoms in total. The number of carboxylic acids is 1. The molecule has 1 aliphatic heterocycles. The zero-order chi connectivity index (χ0) is 17.6. The van der Waals surface area contributed by atoms with Gasteiger partial charge < -0.3 is 15.3 Å². The van der Waals surface area contributed by atoms with Crippen molar-refractivity contribution in [3.05, 3.63) is 55.1 Å². The summed E-state index contributed by atoms with van der Waals surface area (Å²) < 4.78 is 0. The molecule has 1 heterocycles. The number of carboxylic acid groups (broad SMARTS) is 1. The Morgan fingerprint density at radius 2 is 1.92 bits per heavy atom. The Bertz CT molecular complexity index is 629. The van der Waals surface area contributed by atoms with Crippen LogP contribution >= 0.6 is 0 Å². The Hall–Kier alpha value is -2.56. The van der Waals surface area contributed by atoms with Gasteiger partial charge >= 0.3 is 5.97 Å². The van der Waals surface area contributed by atoms with E-state index in [-0.39, 0.29) is 18.0 Å². The van der Waals surface area contributed by atoms with Crippen molar-refractivity contribution in [2.24, 2.45) is 0 Å². The van der Waals surface area contributed by atoms with Gasteiger partial charge in [0.15, 0.2) is 0 Å². The van der Waals surface area contributed by atoms with E-state index in [4.69, 9.17) is 5.11 Å². The number of amides is 1. The fraction of sp³-hybridized carbons (Fsp3) is 0.368. The number of nitrogens with zero attached hydrogens (tertiary/aromatic N) is 1. The number of rotatable bonds is 8. The molecule has 0 spiro atoms. The van der Waals surface area contributed by atoms with Gasteiger partial charge in [-0.2, -0.15) is 0 Å². The SMILES string of the molecule is C=CCC1(CC=C)CCCN1C(=O)c1ccccc1NCC(=O)O. The third-order valence-corrected chi connectivity index (χ3v) is 4.48. The highest BCUT2D eigenvalue weighted by Crippen LogP contribution is 2.38. The van der Waals surface area contributed by atoms with Crippen molar-refractivity contribution in [3.63, 3.8) is 0 Å². The lowest BCUT2D eigenvalue weighted by molar-refractivity contribution is -0.134. The molecule has 1 fully saturated rings. The fourth-order valence-electron chi connectivity index (χ4n) is 3.44. The molecule has 5 heteroatoms. The first-order chi connectivity index (χ1) is 11.5. The maximum Gasteiger partial charge on any atom is 0.322 e. The number of aliphatic carboxylic acids is 1. The summed E-state index contributed by atoms with van der Waals surface area (Å²) in [6.07, 6.45) is 7.00. The number of para-hydroxylation sites is 1. The van der Waals surface area contributed by atoms with Crippen LogP contribution in [-0.4, -0.2) is 40.5 Å². The molecule has 1 amide bonds. The first-order valence-corrected chi connectivity index (χ1v) is 8.12. The van der Waals surface area contributed by atoms with Crippen molar-refractivity contribution in [3.8, 4) is 0 Å². The van der Waals surface area contributed by atoms with Gasteiger partial charge in [0.2, 0.25) is 0 Å². The minimum absolute atomic E-state index is 0.0790. The summed E-state index contributed by atoms with van der Waals surface area (Å²) in [5.41, 5.74) is 0.765. The predicted octanol–water partition coefficient (Wildman–Crippen LogP) is 3.31. The molecule has 2 rings (SSSR count). The van der Waals surface area contributed by atoms with E-state index in [2.05, 4.69) is 18.5 Å². The van der Waals surface area contributed by atoms with Gasteiger partial charge in [-0.05, 0) is 37.8 Å². The van der Waals surface area contributed by atoms with E-state index in [1.54, 1.807) is 24.3 Å². The largest absolute Gasteiger partial charge is 0.480 e. The van der Waals surface area contributed by atoms with Gasteiger partial charge in [-0.1, -0.05) is 24.3 Å². The summed E-state index contributed by atoms with van der Waals surface area (Å²) in [4.78, 5) is 25.9. The Labute approximate surface area is 142 Å². The topological polar surface area (TPSA) is 69.6 Å². The molecule has 1 aliphatic rings. The van der Waals surface area contributed by atoms with Gasteiger partial charge in [0.05, 0.1) is 11.1 Å². The predicted molar refractivity (Wildman–Crippen MR) is 95.2 cm³/mol. The van der Waals surface area contributed by atoms with E-state index >= 15 is 0 Å². The number of likely N-dealkylation sites (tertiary alicyclic amines) is 1. The minimum Gasteiger partial charge on any atom is -0.480 e. The first-order valence-electron chi connectivity index (χ1n) is 8.12. The molecule has 2 N–H and O–H groups in total. The van der Waals surface area contributed by atoms with Gasteiger partial charge in [0.1, 0.15) is 6.54 Å². The van der Waals surface area contributed by atoms with Crippen LogP contribution in [0, 0.1) is 0 Å². The lowest BCUT2D eigenvalue weighted by Crippen LogP contribution is -2.47. The average Bonchev–Trinajstić information content (AvgIpc) is 2.96. The molecule has 1 aromatic rings. The van der Waals surface area contributed by atoms with Crippen LogP contribution in [0.1, 0.15) is 36.0 Å². The Kier molecular flexibility index (Phi) is 5.79. The monoisotopic (exact) mass is 328 g/mol. The van der Waals surface area contributed by atoms with Gasteiger partial charge in [-0.25, -0.2) is 0 Å². The molecular formula is C19H24N2O3. The van der Waals surface area contributed by atoms with E-state index < -0.39 is 5.97 Å². The van der Waals surface area contributed by atoms with Crippen molar-refractivity contribution in [1.82, 2.24) is 4.90 Å². The van der Waals surface area contributed by atoms with Crippen molar-refractivity contribution in [1.29, 1.82) is 0 Å². The molecule has 1 saturated heterocycles. The Morgan fingerprint density at radius 3 is 2.54 bits per heavy atom. The third kappa shape index (κ3) is 3.67. The molecule has 128 valence electrons. The van der Waals surface area contributed by atoms with Gasteiger partial charge in [0, 0.05) is 12.2 Å². The number of carbonyl (C=O) groups is 2. The van der Waals surface area contributed by atoms with E-state index in [0.717, 1.165) is 25.7 Å². The number of nitrogens with one attached hydrogen (secondary N) is 1. The summed E-state index contributed by atoms with van der Waals surface area (Å²) in [5.74, 6) is -1.05. The molecule has 1 aromatic carbocycles. The summed E-state index contributed by atoms with van der Waals surface area (Å²) >= 11 is 0. The molecule has 0 aliphatic carbocycles. The van der Waals surface area contributed by atoms with Gasteiger partial charge in [-0.3, -0.25) is 9.59 Å². The molecule has 0 unspecified atom stereocenters. The summed E-state index contributed by atoms with van der Waals surface area (Å²) in [5, 5.41) is 11.7. The van der Waals surface area contributed by atoms with E-state index in [0.29, 0.717) is 17.8 Å². The van der Waals surface area contributed by atoms with Crippen LogP contribution in [-0.2, 0) is 4.79 Å². The standard InChI is InChI=1S/C19H24N2O3/c1-3-10-19(11-4-2)12-7-13-21(19)18(24)15-8-5-6-9-16(15)20-14-17(22)23/h3-6,8-9,20H,1-2,7,10-14H2,(H,22,23). The van der Waals surface area contributed by atoms with Crippen molar-refractivity contribution < 1.29 is 14.7 Å². The second-order valence-electron chi connectivity index (χ2n) is 6.06. The highest BCUT2D eigenvalue weighted by Gasteiger charge is 2.42. The van der Waals surface area contributed by atoms with Crippen LogP contribution in [0.4, 0.5) is 5.69 Å². The summed E-state index contributed by atoms with van der Waals surface area (Å²) in [6, 6.07) is 7.04. The molecular weight excluding hydrogens is 304 g/mol. The van der Waals surface area contributed by atoms with Crippen LogP contribution in [0.15, 0.2) is 49.6 Å². The average molecular weight is 328 g/mol. The van der Waals surface area contributed by atoms with E-state index in [1.165, 1.54) is 0 Å². The maximum atomic E-state index is 13.1. The second kappa shape index (κ2) is 7.81. The zero-order valence-corrected chi connectivity index (χ0v) is 13.8. The number of hydrogen-bond acceptors (Lipinski definition) is 3. The van der Waals surface area contributed by atoms with Crippen LogP contribution in [0.3, 0.4) is 0 Å². The highest BCUT2D eigenvalue weighted by molar-refractivity contribution is 6.00. The van der Waals surface area contributed by atoms with Crippen LogP contribution in [0.5, 0.6) is 0 Å². The number of carbonyl (C=O) groups excluding carboxylic acids is 1. The summed E-state index contributed by atoms with van der Waals surface area (Å²) in [7, 11) is 0. The van der Waals surface area contributed by atoms with Crippen molar-refractivity contribution in [2.45, 2.75) is 31.2 Å². The van der Waals surface area contributed by atoms with Crippen molar-refractivity contribution >= 4 is 17.6 Å². The second-order valence-corrected chi connectivity index (χ2v) is 6.06. The molecule has 0 aromatic heterocycles. The first kappa shape index (κ1) is 17.8. The van der Waals surface area contributed by atoms with Gasteiger partial charge in [-0.15, -0.1) is 13.2 Å². The van der Waals surface area contributed by atoms with Crippen molar-refractivity contribution in [2.75, 3.05) is 18.4 Å². The van der Waals surface area contributed by atoms with Crippen LogP contribution in [0.2, 0.25) is 0 Å². The maximum absolute atomic E-state index is 13.1. The number of benzene rings is 1. The van der Waals surface area contributed by atoms with E-state index in [1.807, 2.05) is 17.1 Å². The fourth-order valence-corrected chi connectivity index (χ4v) is 3.44. The number of anilines is 1. The molecule has 0 bridgehead atoms. The molecule has 0 radical (unpaired) electrons. The lowest BCUT2D eigenvalue weighted by Gasteiger charge is -2.38. The van der Waals surface area contributed by atoms with Gasteiger partial charge in [0.25, 0.3) is 5.91 Å². The van der Waals surface area contributed by atoms with Crippen LogP contribution < -0.4 is 5.32 Å². The molecule has 0 atom stereocenters. The summed E-state index contributed by atoms with van der Waals surface area (Å²) in [6.45, 7) is 8.13. The third-order valence-electron chi connectivity index (χ3n) is 4.48. The molecule has 24 heavy (non-hydrogen) atoms. The zero-order valence-electron chi connectivity index (χ0n) is 13.8. The normalized spacial score (nSPS) is 15.8. The number of hydrogen-bond donors (Lipinski definition) is 2. The molecule has 0 saturated carbocycles. The minimum atomic E-state index is -0.967. The smallest absolute Gasteiger partial charge is 0.322 e. The lowest BCUT2D eigenvalue weighted by atomic mass is 9.87. The van der Waals surface area contributed by atoms with Crippen LogP contribution in [0.25, 0.3) is 0 Å².